The number of unbranched alkanes of at least 4 members (excludes halogenated alkanes) is 47. The molecule has 0 bridgehead atoms. The van der Waals surface area contributed by atoms with E-state index in [2.05, 4.69) is 41.5 Å². The summed E-state index contributed by atoms with van der Waals surface area (Å²) >= 11 is 0. The van der Waals surface area contributed by atoms with Crippen LogP contribution in [0, 0.1) is 11.8 Å². The van der Waals surface area contributed by atoms with Gasteiger partial charge in [-0.3, -0.25) is 37.3 Å². The van der Waals surface area contributed by atoms with Crippen LogP contribution in [0.15, 0.2) is 0 Å². The molecule has 0 saturated heterocycles. The first-order valence-electron chi connectivity index (χ1n) is 41.0. The molecule has 98 heavy (non-hydrogen) atoms. The second kappa shape index (κ2) is 70.7. The predicted octanol–water partition coefficient (Wildman–Crippen LogP) is 23.5. The van der Waals surface area contributed by atoms with Crippen molar-refractivity contribution >= 4 is 39.5 Å². The fourth-order valence-electron chi connectivity index (χ4n) is 12.2. The largest absolute Gasteiger partial charge is 0.472 e. The zero-order valence-corrected chi connectivity index (χ0v) is 65.9. The van der Waals surface area contributed by atoms with Crippen LogP contribution in [-0.4, -0.2) is 96.7 Å². The SMILES string of the molecule is CCCCCCCCCCCCCCCC(=O)O[C@H](COC(=O)CCCCCCCCCCC)COP(=O)(O)OC[C@H](O)COP(=O)(O)OC[C@@H](COC(=O)CCCCCCCCCCCCCC(C)C)OC(=O)CCCCCCCCCCCCCCCCCCCCC(C)CC. The Bertz CT molecular complexity index is 1890. The fourth-order valence-corrected chi connectivity index (χ4v) is 13.7. The van der Waals surface area contributed by atoms with Gasteiger partial charge >= 0.3 is 39.5 Å². The lowest BCUT2D eigenvalue weighted by Crippen LogP contribution is -2.30. The van der Waals surface area contributed by atoms with Crippen molar-refractivity contribution in [2.75, 3.05) is 39.6 Å². The van der Waals surface area contributed by atoms with Crippen molar-refractivity contribution in [1.82, 2.24) is 0 Å². The average molecular weight is 1440 g/mol. The third-order valence-corrected chi connectivity index (χ3v) is 20.7. The van der Waals surface area contributed by atoms with Crippen LogP contribution in [0.4, 0.5) is 0 Å². The maximum atomic E-state index is 13.1. The molecule has 3 unspecified atom stereocenters. The standard InChI is InChI=1S/C79H154O17P2/c1-7-10-12-14-16-18-19-26-32-39-45-51-57-63-78(83)95-74(67-89-76(81)61-55-49-43-35-17-15-13-11-8-2)69-93-97(85,86)91-65-73(80)66-92-98(87,88)94-70-75(68-90-77(82)62-56-50-44-38-34-29-30-36-41-47-53-59-71(4)5)96-79(84)64-58-52-46-40-33-28-25-23-21-20-22-24-27-31-37-42-48-54-60-72(6)9-3/h71-75,80H,7-70H2,1-6H3,(H,85,86)(H,87,88)/t72?,73-,74+,75+/m0/s1. The minimum absolute atomic E-state index is 0.108. The number of hydrogen-bond acceptors (Lipinski definition) is 15. The van der Waals surface area contributed by atoms with Crippen molar-refractivity contribution in [2.24, 2.45) is 11.8 Å². The molecule has 0 amide bonds. The molecule has 3 N–H and O–H groups in total. The predicted molar refractivity (Wildman–Crippen MR) is 400 cm³/mol. The monoisotopic (exact) mass is 1440 g/mol. The van der Waals surface area contributed by atoms with E-state index in [-0.39, 0.29) is 25.7 Å². The number of carbonyl (C=O) groups is 4. The van der Waals surface area contributed by atoms with Crippen LogP contribution in [-0.2, 0) is 65.4 Å². The number of aliphatic hydroxyl groups is 1. The van der Waals surface area contributed by atoms with E-state index in [1.54, 1.807) is 0 Å². The average Bonchev–Trinajstić information content (AvgIpc) is 1.01. The maximum absolute atomic E-state index is 13.1. The number of phosphoric ester groups is 2. The Balaban J connectivity index is 5.19. The van der Waals surface area contributed by atoms with Gasteiger partial charge in [0.15, 0.2) is 12.2 Å². The first-order valence-corrected chi connectivity index (χ1v) is 44.0. The molecule has 0 rings (SSSR count). The van der Waals surface area contributed by atoms with Crippen molar-refractivity contribution in [3.8, 4) is 0 Å². The summed E-state index contributed by atoms with van der Waals surface area (Å²) in [5.41, 5.74) is 0. The van der Waals surface area contributed by atoms with Crippen LogP contribution in [0.1, 0.15) is 414 Å². The third-order valence-electron chi connectivity index (χ3n) is 18.8. The molecule has 0 fully saturated rings. The smallest absolute Gasteiger partial charge is 0.462 e. The Kier molecular flexibility index (Phi) is 69.3. The van der Waals surface area contributed by atoms with Crippen LogP contribution in [0.5, 0.6) is 0 Å². The molecule has 17 nitrogen and oxygen atoms in total. The summed E-state index contributed by atoms with van der Waals surface area (Å²) in [6, 6.07) is 0. The maximum Gasteiger partial charge on any atom is 0.472 e. The summed E-state index contributed by atoms with van der Waals surface area (Å²) in [7, 11) is -9.91. The van der Waals surface area contributed by atoms with Crippen LogP contribution in [0.2, 0.25) is 0 Å². The molecule has 0 heterocycles. The number of ether oxygens (including phenoxy) is 4. The van der Waals surface area contributed by atoms with Crippen molar-refractivity contribution in [3.05, 3.63) is 0 Å². The molecule has 0 spiro atoms. The number of aliphatic hydroxyl groups excluding tert-OH is 1. The lowest BCUT2D eigenvalue weighted by Gasteiger charge is -2.21. The minimum Gasteiger partial charge on any atom is -0.462 e. The van der Waals surface area contributed by atoms with Gasteiger partial charge in [0.1, 0.15) is 19.3 Å². The van der Waals surface area contributed by atoms with Gasteiger partial charge in [-0.25, -0.2) is 9.13 Å². The second-order valence-corrected chi connectivity index (χ2v) is 32.1. The Labute approximate surface area is 600 Å². The molecular formula is C79H154O17P2. The fraction of sp³-hybridized carbons (Fsp3) is 0.949. The first-order chi connectivity index (χ1) is 47.4. The Morgan fingerprint density at radius 1 is 0.296 bits per heavy atom. The van der Waals surface area contributed by atoms with Gasteiger partial charge in [-0.1, -0.05) is 363 Å². The van der Waals surface area contributed by atoms with E-state index in [9.17, 15) is 43.2 Å². The number of carbonyl (C=O) groups excluding carboxylic acids is 4. The number of hydrogen-bond donors (Lipinski definition) is 3. The van der Waals surface area contributed by atoms with Crippen LogP contribution in [0.3, 0.4) is 0 Å². The Morgan fingerprint density at radius 2 is 0.520 bits per heavy atom. The van der Waals surface area contributed by atoms with E-state index in [4.69, 9.17) is 37.0 Å². The molecule has 0 aromatic carbocycles. The van der Waals surface area contributed by atoms with Crippen molar-refractivity contribution in [2.45, 2.75) is 432 Å². The topological polar surface area (TPSA) is 237 Å². The first kappa shape index (κ1) is 96.1. The third kappa shape index (κ3) is 71.1. The Morgan fingerprint density at radius 3 is 0.776 bits per heavy atom. The molecule has 0 aromatic rings. The Hall–Kier alpha value is -1.94. The quantitative estimate of drug-likeness (QED) is 0.0222. The van der Waals surface area contributed by atoms with Gasteiger partial charge in [0.25, 0.3) is 0 Å². The zero-order valence-electron chi connectivity index (χ0n) is 64.1. The minimum atomic E-state index is -4.96. The van der Waals surface area contributed by atoms with Gasteiger partial charge in [0, 0.05) is 25.7 Å². The molecule has 0 saturated carbocycles. The molecule has 582 valence electrons. The molecule has 0 aliphatic carbocycles. The molecule has 6 atom stereocenters. The molecule has 0 radical (unpaired) electrons. The molecular weight excluding hydrogens is 1280 g/mol. The van der Waals surface area contributed by atoms with Gasteiger partial charge in [0.05, 0.1) is 26.4 Å². The summed E-state index contributed by atoms with van der Waals surface area (Å²) in [6.45, 7) is 9.68. The van der Waals surface area contributed by atoms with Gasteiger partial charge in [-0.15, -0.1) is 0 Å². The molecule has 19 heteroatoms. The van der Waals surface area contributed by atoms with Crippen molar-refractivity contribution in [3.63, 3.8) is 0 Å². The van der Waals surface area contributed by atoms with Gasteiger partial charge in [0.2, 0.25) is 0 Å². The lowest BCUT2D eigenvalue weighted by molar-refractivity contribution is -0.161. The van der Waals surface area contributed by atoms with E-state index in [1.807, 2.05) is 0 Å². The van der Waals surface area contributed by atoms with Gasteiger partial charge in [-0.2, -0.15) is 0 Å². The zero-order chi connectivity index (χ0) is 72.1. The highest BCUT2D eigenvalue weighted by Crippen LogP contribution is 2.45. The summed E-state index contributed by atoms with van der Waals surface area (Å²) in [6.07, 6.45) is 59.6. The normalized spacial score (nSPS) is 14.2. The van der Waals surface area contributed by atoms with Gasteiger partial charge < -0.3 is 33.8 Å². The van der Waals surface area contributed by atoms with Crippen molar-refractivity contribution in [1.29, 1.82) is 0 Å². The number of esters is 4. The van der Waals surface area contributed by atoms with E-state index in [1.165, 1.54) is 231 Å². The molecule has 0 aliphatic heterocycles. The van der Waals surface area contributed by atoms with Gasteiger partial charge in [-0.05, 0) is 37.5 Å². The number of rotatable bonds is 78. The van der Waals surface area contributed by atoms with E-state index < -0.39 is 97.5 Å². The van der Waals surface area contributed by atoms with E-state index in [0.717, 1.165) is 102 Å². The summed E-state index contributed by atoms with van der Waals surface area (Å²) < 4.78 is 68.6. The van der Waals surface area contributed by atoms with E-state index in [0.29, 0.717) is 25.7 Å². The summed E-state index contributed by atoms with van der Waals surface area (Å²) in [5.74, 6) is -0.470. The van der Waals surface area contributed by atoms with E-state index >= 15 is 0 Å². The lowest BCUT2D eigenvalue weighted by atomic mass is 9.99. The van der Waals surface area contributed by atoms with Crippen LogP contribution >= 0.6 is 15.6 Å². The molecule has 0 aromatic heterocycles. The van der Waals surface area contributed by atoms with Crippen LogP contribution < -0.4 is 0 Å². The van der Waals surface area contributed by atoms with Crippen LogP contribution in [0.25, 0.3) is 0 Å². The highest BCUT2D eigenvalue weighted by atomic mass is 31.2. The summed E-state index contributed by atoms with van der Waals surface area (Å²) in [5, 5.41) is 10.6. The highest BCUT2D eigenvalue weighted by Gasteiger charge is 2.30. The van der Waals surface area contributed by atoms with Crippen molar-refractivity contribution < 1.29 is 80.2 Å². The molecule has 0 aliphatic rings. The summed E-state index contributed by atoms with van der Waals surface area (Å²) in [4.78, 5) is 72.9. The second-order valence-electron chi connectivity index (χ2n) is 29.2. The number of phosphoric acid groups is 2. The highest BCUT2D eigenvalue weighted by molar-refractivity contribution is 7.47.